The van der Waals surface area contributed by atoms with Crippen molar-refractivity contribution in [2.24, 2.45) is 0 Å². The van der Waals surface area contributed by atoms with Crippen LogP contribution in [0.1, 0.15) is 34.1 Å². The maximum Gasteiger partial charge on any atom is 0.191 e. The van der Waals surface area contributed by atoms with Crippen molar-refractivity contribution in [2.75, 3.05) is 0 Å². The van der Waals surface area contributed by atoms with Crippen LogP contribution in [-0.2, 0) is 4.79 Å². The molecule has 0 aromatic heterocycles. The lowest BCUT2D eigenvalue weighted by atomic mass is 9.79. The first-order chi connectivity index (χ1) is 15.7. The second-order valence-corrected chi connectivity index (χ2v) is 7.89. The average Bonchev–Trinajstić information content (AvgIpc) is 2.86. The zero-order chi connectivity index (χ0) is 22.3. The van der Waals surface area contributed by atoms with Gasteiger partial charge in [-0.05, 0) is 22.3 Å². The van der Waals surface area contributed by atoms with Gasteiger partial charge in [-0.1, -0.05) is 121 Å². The maximum atomic E-state index is 13.5. The van der Waals surface area contributed by atoms with Crippen molar-refractivity contribution in [3.63, 3.8) is 0 Å². The third-order valence-electron chi connectivity index (χ3n) is 5.85. The Labute approximate surface area is 188 Å². The number of benzene rings is 4. The van der Waals surface area contributed by atoms with Crippen LogP contribution in [0.5, 0.6) is 0 Å². The molecule has 0 amide bonds. The molecule has 0 saturated carbocycles. The number of aliphatic hydroxyl groups excluding tert-OH is 2. The lowest BCUT2D eigenvalue weighted by Gasteiger charge is -2.29. The molecule has 0 aliphatic heterocycles. The SMILES string of the molecule is O=C(C(O)C(c1ccccc1)c1ccccc1)C(O)C(c1ccccc1)c1ccccc1. The van der Waals surface area contributed by atoms with E-state index in [1.54, 1.807) is 0 Å². The van der Waals surface area contributed by atoms with Crippen molar-refractivity contribution < 1.29 is 15.0 Å². The van der Waals surface area contributed by atoms with Crippen LogP contribution in [0.2, 0.25) is 0 Å². The third-order valence-corrected chi connectivity index (χ3v) is 5.85. The predicted molar refractivity (Wildman–Crippen MR) is 126 cm³/mol. The van der Waals surface area contributed by atoms with Gasteiger partial charge in [0, 0.05) is 11.8 Å². The van der Waals surface area contributed by atoms with Crippen molar-refractivity contribution in [3.05, 3.63) is 144 Å². The molecule has 3 heteroatoms. The Hall–Kier alpha value is -3.53. The summed E-state index contributed by atoms with van der Waals surface area (Å²) < 4.78 is 0. The summed E-state index contributed by atoms with van der Waals surface area (Å²) in [5.41, 5.74) is 3.29. The number of hydrogen-bond acceptors (Lipinski definition) is 3. The summed E-state index contributed by atoms with van der Waals surface area (Å²) in [6, 6.07) is 37.8. The van der Waals surface area contributed by atoms with Gasteiger partial charge in [0.15, 0.2) is 5.78 Å². The van der Waals surface area contributed by atoms with Crippen LogP contribution < -0.4 is 0 Å². The van der Waals surface area contributed by atoms with E-state index in [-0.39, 0.29) is 0 Å². The molecule has 0 fully saturated rings. The van der Waals surface area contributed by atoms with E-state index >= 15 is 0 Å². The minimum atomic E-state index is -1.40. The van der Waals surface area contributed by atoms with Crippen molar-refractivity contribution in [3.8, 4) is 0 Å². The van der Waals surface area contributed by atoms with E-state index in [0.29, 0.717) is 0 Å². The molecule has 0 spiro atoms. The van der Waals surface area contributed by atoms with Crippen LogP contribution >= 0.6 is 0 Å². The number of Topliss-reactive ketones (excluding diaryl/α,β-unsaturated/α-hetero) is 1. The fraction of sp³-hybridized carbons (Fsp3) is 0.138. The van der Waals surface area contributed by atoms with Crippen LogP contribution in [0.25, 0.3) is 0 Å². The summed E-state index contributed by atoms with van der Waals surface area (Å²) in [5, 5.41) is 22.6. The molecule has 4 aromatic carbocycles. The van der Waals surface area contributed by atoms with Gasteiger partial charge in [-0.2, -0.15) is 0 Å². The highest BCUT2D eigenvalue weighted by molar-refractivity contribution is 5.90. The lowest BCUT2D eigenvalue weighted by Crippen LogP contribution is -2.40. The first kappa shape index (κ1) is 21.7. The Morgan fingerprint density at radius 2 is 0.656 bits per heavy atom. The normalized spacial score (nSPS) is 13.1. The molecule has 4 rings (SSSR count). The van der Waals surface area contributed by atoms with Crippen LogP contribution in [0, 0.1) is 0 Å². The zero-order valence-corrected chi connectivity index (χ0v) is 17.7. The van der Waals surface area contributed by atoms with Crippen LogP contribution in [-0.4, -0.2) is 28.2 Å². The van der Waals surface area contributed by atoms with Gasteiger partial charge in [0.25, 0.3) is 0 Å². The van der Waals surface area contributed by atoms with Gasteiger partial charge in [0.05, 0.1) is 0 Å². The van der Waals surface area contributed by atoms with E-state index in [2.05, 4.69) is 0 Å². The van der Waals surface area contributed by atoms with E-state index in [1.165, 1.54) is 0 Å². The molecule has 0 heterocycles. The van der Waals surface area contributed by atoms with Gasteiger partial charge in [0.1, 0.15) is 12.2 Å². The molecule has 3 nitrogen and oxygen atoms in total. The second kappa shape index (κ2) is 10.2. The smallest absolute Gasteiger partial charge is 0.191 e. The van der Waals surface area contributed by atoms with Gasteiger partial charge in [-0.25, -0.2) is 0 Å². The van der Waals surface area contributed by atoms with E-state index in [1.807, 2.05) is 121 Å². The molecule has 160 valence electrons. The molecule has 0 aliphatic carbocycles. The quantitative estimate of drug-likeness (QED) is 0.423. The Balaban J connectivity index is 1.71. The highest BCUT2D eigenvalue weighted by Gasteiger charge is 2.37. The molecule has 0 aliphatic rings. The molecule has 0 bridgehead atoms. The largest absolute Gasteiger partial charge is 0.384 e. The van der Waals surface area contributed by atoms with Crippen LogP contribution in [0.15, 0.2) is 121 Å². The number of hydrogen-bond donors (Lipinski definition) is 2. The highest BCUT2D eigenvalue weighted by Crippen LogP contribution is 2.33. The van der Waals surface area contributed by atoms with Crippen LogP contribution in [0.4, 0.5) is 0 Å². The predicted octanol–water partition coefficient (Wildman–Crippen LogP) is 4.94. The Kier molecular flexibility index (Phi) is 6.90. The molecule has 0 saturated heterocycles. The fourth-order valence-electron chi connectivity index (χ4n) is 4.26. The number of aliphatic hydroxyl groups is 2. The Bertz CT molecular complexity index is 942. The molecule has 2 atom stereocenters. The summed E-state index contributed by atoms with van der Waals surface area (Å²) in [4.78, 5) is 13.5. The van der Waals surface area contributed by atoms with Crippen LogP contribution in [0.3, 0.4) is 0 Å². The fourth-order valence-corrected chi connectivity index (χ4v) is 4.26. The average molecular weight is 423 g/mol. The van der Waals surface area contributed by atoms with Gasteiger partial charge in [-0.15, -0.1) is 0 Å². The molecular weight excluding hydrogens is 396 g/mol. The van der Waals surface area contributed by atoms with E-state index in [0.717, 1.165) is 22.3 Å². The molecule has 32 heavy (non-hydrogen) atoms. The summed E-state index contributed by atoms with van der Waals surface area (Å²) >= 11 is 0. The first-order valence-electron chi connectivity index (χ1n) is 10.8. The topological polar surface area (TPSA) is 57.5 Å². The van der Waals surface area contributed by atoms with E-state index < -0.39 is 29.8 Å². The van der Waals surface area contributed by atoms with Gasteiger partial charge >= 0.3 is 0 Å². The molecule has 2 N–H and O–H groups in total. The number of rotatable bonds is 8. The zero-order valence-electron chi connectivity index (χ0n) is 17.7. The molecular formula is C29H26O3. The van der Waals surface area contributed by atoms with Crippen molar-refractivity contribution in [2.45, 2.75) is 24.0 Å². The number of carbonyl (C=O) groups is 1. The number of carbonyl (C=O) groups excluding carboxylic acids is 1. The highest BCUT2D eigenvalue weighted by atomic mass is 16.3. The lowest BCUT2D eigenvalue weighted by molar-refractivity contribution is -0.137. The molecule has 4 aromatic rings. The summed E-state index contributed by atoms with van der Waals surface area (Å²) in [5.74, 6) is -1.75. The summed E-state index contributed by atoms with van der Waals surface area (Å²) in [6.07, 6.45) is -2.80. The minimum Gasteiger partial charge on any atom is -0.384 e. The summed E-state index contributed by atoms with van der Waals surface area (Å²) in [6.45, 7) is 0. The van der Waals surface area contributed by atoms with Crippen molar-refractivity contribution >= 4 is 5.78 Å². The minimum absolute atomic E-state index is 0.577. The second-order valence-electron chi connectivity index (χ2n) is 7.89. The maximum absolute atomic E-state index is 13.5. The van der Waals surface area contributed by atoms with Crippen molar-refractivity contribution in [1.29, 1.82) is 0 Å². The Morgan fingerprint density at radius 1 is 0.438 bits per heavy atom. The van der Waals surface area contributed by atoms with Gasteiger partial charge in [-0.3, -0.25) is 4.79 Å². The third kappa shape index (κ3) is 4.70. The molecule has 2 unspecified atom stereocenters. The first-order valence-corrected chi connectivity index (χ1v) is 10.8. The Morgan fingerprint density at radius 3 is 0.875 bits per heavy atom. The summed E-state index contributed by atoms with van der Waals surface area (Å²) in [7, 11) is 0. The van der Waals surface area contributed by atoms with E-state index in [9.17, 15) is 15.0 Å². The standard InChI is InChI=1S/C29H26O3/c30-27(25(21-13-5-1-6-14-21)22-15-7-2-8-16-22)29(32)28(31)26(23-17-9-3-10-18-23)24-19-11-4-12-20-24/h1-20,25-28,30-31H. The molecule has 0 radical (unpaired) electrons. The van der Waals surface area contributed by atoms with Gasteiger partial charge < -0.3 is 10.2 Å². The monoisotopic (exact) mass is 422 g/mol. The van der Waals surface area contributed by atoms with Crippen molar-refractivity contribution in [1.82, 2.24) is 0 Å². The number of ketones is 1. The van der Waals surface area contributed by atoms with Gasteiger partial charge in [0.2, 0.25) is 0 Å². The van der Waals surface area contributed by atoms with E-state index in [4.69, 9.17) is 0 Å².